The second-order valence-electron chi connectivity index (χ2n) is 5.48. The van der Waals surface area contributed by atoms with Crippen molar-refractivity contribution in [3.63, 3.8) is 0 Å². The quantitative estimate of drug-likeness (QED) is 0.781. The van der Waals surface area contributed by atoms with Crippen molar-refractivity contribution in [1.29, 1.82) is 0 Å². The molecule has 0 aromatic heterocycles. The first-order valence-corrected chi connectivity index (χ1v) is 7.71. The molecule has 112 valence electrons. The summed E-state index contributed by atoms with van der Waals surface area (Å²) in [6.07, 6.45) is 0. The summed E-state index contributed by atoms with van der Waals surface area (Å²) in [5.74, 6) is 0. The summed E-state index contributed by atoms with van der Waals surface area (Å²) < 4.78 is 0. The Morgan fingerprint density at radius 3 is 2.52 bits per heavy atom. The lowest BCUT2D eigenvalue weighted by molar-refractivity contribution is 0.324. The highest BCUT2D eigenvalue weighted by molar-refractivity contribution is 6.31. The zero-order valence-corrected chi connectivity index (χ0v) is 13.5. The van der Waals surface area contributed by atoms with Crippen molar-refractivity contribution in [2.24, 2.45) is 0 Å². The molecule has 0 spiro atoms. The van der Waals surface area contributed by atoms with E-state index in [4.69, 9.17) is 11.6 Å². The number of rotatable bonds is 7. The summed E-state index contributed by atoms with van der Waals surface area (Å²) >= 11 is 6.03. The van der Waals surface area contributed by atoms with Crippen molar-refractivity contribution in [2.75, 3.05) is 20.1 Å². The highest BCUT2D eigenvalue weighted by atomic mass is 35.5. The third kappa shape index (κ3) is 5.50. The molecule has 21 heavy (non-hydrogen) atoms. The standard InChI is InChI=1S/C18H23ClN2/c1-15-12-17(8-9-18(15)19)13-20-10-11-21(2)14-16-6-4-3-5-7-16/h3-9,12,20H,10-11,13-14H2,1-2H3. The highest BCUT2D eigenvalue weighted by Gasteiger charge is 2.00. The van der Waals surface area contributed by atoms with E-state index >= 15 is 0 Å². The average molecular weight is 303 g/mol. The molecule has 0 unspecified atom stereocenters. The van der Waals surface area contributed by atoms with E-state index in [0.29, 0.717) is 0 Å². The van der Waals surface area contributed by atoms with E-state index in [-0.39, 0.29) is 0 Å². The fourth-order valence-electron chi connectivity index (χ4n) is 2.29. The molecule has 0 aliphatic rings. The van der Waals surface area contributed by atoms with Crippen molar-refractivity contribution < 1.29 is 0 Å². The second kappa shape index (κ2) is 8.18. The van der Waals surface area contributed by atoms with Crippen LogP contribution < -0.4 is 5.32 Å². The fourth-order valence-corrected chi connectivity index (χ4v) is 2.41. The largest absolute Gasteiger partial charge is 0.311 e. The number of likely N-dealkylation sites (N-methyl/N-ethyl adjacent to an activating group) is 1. The summed E-state index contributed by atoms with van der Waals surface area (Å²) in [6.45, 7) is 5.92. The first kappa shape index (κ1) is 16.0. The van der Waals surface area contributed by atoms with Gasteiger partial charge in [-0.2, -0.15) is 0 Å². The van der Waals surface area contributed by atoms with E-state index in [9.17, 15) is 0 Å². The molecule has 1 N–H and O–H groups in total. The van der Waals surface area contributed by atoms with Crippen molar-refractivity contribution in [3.05, 3.63) is 70.2 Å². The second-order valence-corrected chi connectivity index (χ2v) is 5.89. The molecule has 0 aliphatic heterocycles. The maximum absolute atomic E-state index is 6.03. The summed E-state index contributed by atoms with van der Waals surface area (Å²) in [5, 5.41) is 4.31. The molecule has 0 aliphatic carbocycles. The van der Waals surface area contributed by atoms with Crippen LogP contribution in [0.5, 0.6) is 0 Å². The number of halogens is 1. The Balaban J connectivity index is 1.68. The van der Waals surface area contributed by atoms with E-state index in [1.54, 1.807) is 0 Å². The highest BCUT2D eigenvalue weighted by Crippen LogP contribution is 2.15. The minimum Gasteiger partial charge on any atom is -0.311 e. The van der Waals surface area contributed by atoms with Crippen LogP contribution in [0, 0.1) is 6.92 Å². The van der Waals surface area contributed by atoms with Gasteiger partial charge in [0.15, 0.2) is 0 Å². The van der Waals surface area contributed by atoms with E-state index in [1.165, 1.54) is 11.1 Å². The van der Waals surface area contributed by atoms with E-state index in [0.717, 1.165) is 36.8 Å². The van der Waals surface area contributed by atoms with E-state index < -0.39 is 0 Å². The molecule has 0 amide bonds. The van der Waals surface area contributed by atoms with Crippen LogP contribution in [-0.2, 0) is 13.1 Å². The number of aryl methyl sites for hydroxylation is 1. The van der Waals surface area contributed by atoms with Gasteiger partial charge in [0.1, 0.15) is 0 Å². The van der Waals surface area contributed by atoms with Gasteiger partial charge >= 0.3 is 0 Å². The molecular formula is C18H23ClN2. The minimum atomic E-state index is 0.835. The predicted octanol–water partition coefficient (Wildman–Crippen LogP) is 3.87. The summed E-state index contributed by atoms with van der Waals surface area (Å²) in [4.78, 5) is 2.33. The van der Waals surface area contributed by atoms with Gasteiger partial charge in [0.2, 0.25) is 0 Å². The van der Waals surface area contributed by atoms with Gasteiger partial charge in [0.05, 0.1) is 0 Å². The van der Waals surface area contributed by atoms with Crippen LogP contribution in [0.4, 0.5) is 0 Å². The number of nitrogens with one attached hydrogen (secondary N) is 1. The Labute approximate surface area is 132 Å². The van der Waals surface area contributed by atoms with Crippen molar-refractivity contribution in [1.82, 2.24) is 10.2 Å². The van der Waals surface area contributed by atoms with Gasteiger partial charge in [-0.25, -0.2) is 0 Å². The Hall–Kier alpha value is -1.35. The van der Waals surface area contributed by atoms with Gasteiger partial charge < -0.3 is 10.2 Å². The van der Waals surface area contributed by atoms with Crippen LogP contribution in [-0.4, -0.2) is 25.0 Å². The van der Waals surface area contributed by atoms with E-state index in [2.05, 4.69) is 59.7 Å². The molecule has 0 saturated heterocycles. The van der Waals surface area contributed by atoms with Gasteiger partial charge in [-0.15, -0.1) is 0 Å². The molecule has 0 heterocycles. The maximum Gasteiger partial charge on any atom is 0.0435 e. The zero-order chi connectivity index (χ0) is 15.1. The molecular weight excluding hydrogens is 280 g/mol. The third-order valence-corrected chi connectivity index (χ3v) is 3.94. The molecule has 3 heteroatoms. The Morgan fingerprint density at radius 1 is 1.05 bits per heavy atom. The van der Waals surface area contributed by atoms with Crippen LogP contribution in [0.1, 0.15) is 16.7 Å². The predicted molar refractivity (Wildman–Crippen MR) is 90.7 cm³/mol. The number of hydrogen-bond acceptors (Lipinski definition) is 2. The molecule has 0 radical (unpaired) electrons. The first-order valence-electron chi connectivity index (χ1n) is 7.33. The number of nitrogens with zero attached hydrogens (tertiary/aromatic N) is 1. The molecule has 0 bridgehead atoms. The fraction of sp³-hybridized carbons (Fsp3) is 0.333. The SMILES string of the molecule is Cc1cc(CNCCN(C)Cc2ccccc2)ccc1Cl. The summed E-state index contributed by atoms with van der Waals surface area (Å²) in [5.41, 5.74) is 3.77. The van der Waals surface area contributed by atoms with Gasteiger partial charge in [-0.1, -0.05) is 54.1 Å². The average Bonchev–Trinajstić information content (AvgIpc) is 2.48. The van der Waals surface area contributed by atoms with Gasteiger partial charge in [-0.05, 0) is 36.7 Å². The van der Waals surface area contributed by atoms with E-state index in [1.807, 2.05) is 13.0 Å². The third-order valence-electron chi connectivity index (χ3n) is 3.52. The minimum absolute atomic E-state index is 0.835. The lowest BCUT2D eigenvalue weighted by atomic mass is 10.1. The van der Waals surface area contributed by atoms with Crippen LogP contribution in [0.2, 0.25) is 5.02 Å². The molecule has 0 fully saturated rings. The number of benzene rings is 2. The van der Waals surface area contributed by atoms with Crippen molar-refractivity contribution in [2.45, 2.75) is 20.0 Å². The van der Waals surface area contributed by atoms with Gasteiger partial charge in [0.25, 0.3) is 0 Å². The Morgan fingerprint density at radius 2 is 1.81 bits per heavy atom. The van der Waals surface area contributed by atoms with Crippen molar-refractivity contribution >= 4 is 11.6 Å². The van der Waals surface area contributed by atoms with Crippen LogP contribution >= 0.6 is 11.6 Å². The summed E-state index contributed by atoms with van der Waals surface area (Å²) in [7, 11) is 2.15. The monoisotopic (exact) mass is 302 g/mol. The first-order chi connectivity index (χ1) is 10.1. The van der Waals surface area contributed by atoms with Crippen LogP contribution in [0.25, 0.3) is 0 Å². The Kier molecular flexibility index (Phi) is 6.24. The maximum atomic E-state index is 6.03. The topological polar surface area (TPSA) is 15.3 Å². The molecule has 0 saturated carbocycles. The smallest absolute Gasteiger partial charge is 0.0435 e. The normalized spacial score (nSPS) is 11.0. The van der Waals surface area contributed by atoms with Gasteiger partial charge in [-0.3, -0.25) is 0 Å². The zero-order valence-electron chi connectivity index (χ0n) is 12.8. The lowest BCUT2D eigenvalue weighted by Gasteiger charge is -2.17. The van der Waals surface area contributed by atoms with Crippen LogP contribution in [0.15, 0.2) is 48.5 Å². The molecule has 2 nitrogen and oxygen atoms in total. The Bertz CT molecular complexity index is 554. The lowest BCUT2D eigenvalue weighted by Crippen LogP contribution is -2.28. The van der Waals surface area contributed by atoms with Gasteiger partial charge in [0, 0.05) is 31.2 Å². The van der Waals surface area contributed by atoms with Crippen LogP contribution in [0.3, 0.4) is 0 Å². The number of hydrogen-bond donors (Lipinski definition) is 1. The molecule has 2 aromatic rings. The molecule has 2 aromatic carbocycles. The molecule has 2 rings (SSSR count). The summed E-state index contributed by atoms with van der Waals surface area (Å²) in [6, 6.07) is 16.8. The molecule has 0 atom stereocenters. The van der Waals surface area contributed by atoms with Crippen molar-refractivity contribution in [3.8, 4) is 0 Å².